The first kappa shape index (κ1) is 12.6. The number of hydrogen-bond acceptors (Lipinski definition) is 3. The van der Waals surface area contributed by atoms with Gasteiger partial charge in [0.1, 0.15) is 11.5 Å². The van der Waals surface area contributed by atoms with Gasteiger partial charge < -0.3 is 15.2 Å². The van der Waals surface area contributed by atoms with Crippen molar-refractivity contribution in [3.05, 3.63) is 24.3 Å². The van der Waals surface area contributed by atoms with Gasteiger partial charge in [0, 0.05) is 0 Å². The Morgan fingerprint density at radius 2 is 1.79 bits per heavy atom. The van der Waals surface area contributed by atoms with Crippen LogP contribution in [0.3, 0.4) is 0 Å². The van der Waals surface area contributed by atoms with Crippen molar-refractivity contribution in [3.63, 3.8) is 0 Å². The van der Waals surface area contributed by atoms with Gasteiger partial charge in [-0.2, -0.15) is 0 Å². The molecular weight excluding hydrogens is 206 g/mol. The van der Waals surface area contributed by atoms with E-state index < -0.39 is 5.91 Å². The number of amides is 1. The average Bonchev–Trinajstić information content (AvgIpc) is 2.15. The molecule has 1 rings (SSSR count). The van der Waals surface area contributed by atoms with E-state index in [0.29, 0.717) is 5.75 Å². The van der Waals surface area contributed by atoms with E-state index in [-0.39, 0.29) is 19.0 Å². The van der Waals surface area contributed by atoms with Crippen LogP contribution in [0.15, 0.2) is 24.3 Å². The van der Waals surface area contributed by atoms with Gasteiger partial charge in [-0.3, -0.25) is 4.79 Å². The first-order valence-corrected chi connectivity index (χ1v) is 3.77. The minimum absolute atomic E-state index is 0. The number of halogens is 1. The van der Waals surface area contributed by atoms with Crippen molar-refractivity contribution in [2.45, 2.75) is 0 Å². The summed E-state index contributed by atoms with van der Waals surface area (Å²) in [6.07, 6.45) is 0. The number of carbonyl (C=O) groups excluding carboxylic acids is 1. The molecule has 2 N–H and O–H groups in total. The smallest absolute Gasteiger partial charge is 0.255 e. The highest BCUT2D eigenvalue weighted by atomic mass is 35.5. The summed E-state index contributed by atoms with van der Waals surface area (Å²) in [5, 5.41) is 0. The van der Waals surface area contributed by atoms with E-state index in [1.807, 2.05) is 0 Å². The SMILES string of the molecule is COc1ccc(OCC(N)=O)cc1.Cl. The van der Waals surface area contributed by atoms with E-state index in [0.717, 1.165) is 5.75 Å². The highest BCUT2D eigenvalue weighted by Gasteiger charge is 1.97. The van der Waals surface area contributed by atoms with Crippen LogP contribution in [0.2, 0.25) is 0 Å². The zero-order valence-electron chi connectivity index (χ0n) is 7.73. The van der Waals surface area contributed by atoms with E-state index in [1.165, 1.54) is 0 Å². The standard InChI is InChI=1S/C9H11NO3.ClH/c1-12-7-2-4-8(5-3-7)13-6-9(10)11;/h2-5H,6H2,1H3,(H2,10,11);1H. The van der Waals surface area contributed by atoms with Crippen LogP contribution in [0.4, 0.5) is 0 Å². The third-order valence-corrected chi connectivity index (χ3v) is 1.44. The Labute approximate surface area is 88.4 Å². The molecule has 0 heterocycles. The lowest BCUT2D eigenvalue weighted by Crippen LogP contribution is -2.19. The summed E-state index contributed by atoms with van der Waals surface area (Å²) in [7, 11) is 1.58. The number of hydrogen-bond donors (Lipinski definition) is 1. The average molecular weight is 218 g/mol. The van der Waals surface area contributed by atoms with Gasteiger partial charge in [-0.05, 0) is 24.3 Å². The Morgan fingerprint density at radius 1 is 1.29 bits per heavy atom. The molecule has 14 heavy (non-hydrogen) atoms. The van der Waals surface area contributed by atoms with E-state index in [4.69, 9.17) is 15.2 Å². The Kier molecular flexibility index (Phi) is 5.48. The lowest BCUT2D eigenvalue weighted by molar-refractivity contribution is -0.119. The molecule has 1 aromatic rings. The van der Waals surface area contributed by atoms with Crippen molar-refractivity contribution in [1.29, 1.82) is 0 Å². The Hall–Kier alpha value is -1.42. The number of carbonyl (C=O) groups is 1. The van der Waals surface area contributed by atoms with E-state index in [1.54, 1.807) is 31.4 Å². The molecular formula is C9H12ClNO3. The monoisotopic (exact) mass is 217 g/mol. The molecule has 0 aliphatic carbocycles. The molecule has 0 spiro atoms. The first-order valence-electron chi connectivity index (χ1n) is 3.77. The second kappa shape index (κ2) is 6.10. The van der Waals surface area contributed by atoms with Gasteiger partial charge in [0.25, 0.3) is 5.91 Å². The summed E-state index contributed by atoms with van der Waals surface area (Å²) in [6.45, 7) is -0.105. The molecule has 0 bridgehead atoms. The van der Waals surface area contributed by atoms with E-state index in [9.17, 15) is 4.79 Å². The largest absolute Gasteiger partial charge is 0.497 e. The Balaban J connectivity index is 0.00000169. The van der Waals surface area contributed by atoms with Crippen molar-refractivity contribution in [2.75, 3.05) is 13.7 Å². The normalized spacial score (nSPS) is 8.64. The third kappa shape index (κ3) is 4.00. The quantitative estimate of drug-likeness (QED) is 0.818. The minimum Gasteiger partial charge on any atom is -0.497 e. The maximum Gasteiger partial charge on any atom is 0.255 e. The highest BCUT2D eigenvalue weighted by molar-refractivity contribution is 5.85. The molecule has 0 unspecified atom stereocenters. The summed E-state index contributed by atoms with van der Waals surface area (Å²) in [6, 6.07) is 6.91. The van der Waals surface area contributed by atoms with Gasteiger partial charge in [0.15, 0.2) is 6.61 Å². The van der Waals surface area contributed by atoms with Crippen LogP contribution in [0.5, 0.6) is 11.5 Å². The van der Waals surface area contributed by atoms with Gasteiger partial charge in [0.2, 0.25) is 0 Å². The van der Waals surface area contributed by atoms with Gasteiger partial charge in [0.05, 0.1) is 7.11 Å². The summed E-state index contributed by atoms with van der Waals surface area (Å²) < 4.78 is 9.98. The molecule has 5 heteroatoms. The van der Waals surface area contributed by atoms with Crippen LogP contribution >= 0.6 is 12.4 Å². The number of ether oxygens (including phenoxy) is 2. The molecule has 0 atom stereocenters. The van der Waals surface area contributed by atoms with E-state index >= 15 is 0 Å². The maximum atomic E-state index is 10.4. The number of methoxy groups -OCH3 is 1. The fourth-order valence-electron chi connectivity index (χ4n) is 0.826. The molecule has 0 radical (unpaired) electrons. The number of benzene rings is 1. The fourth-order valence-corrected chi connectivity index (χ4v) is 0.826. The van der Waals surface area contributed by atoms with Gasteiger partial charge in [-0.25, -0.2) is 0 Å². The molecule has 0 saturated carbocycles. The third-order valence-electron chi connectivity index (χ3n) is 1.44. The van der Waals surface area contributed by atoms with E-state index in [2.05, 4.69) is 0 Å². The summed E-state index contributed by atoms with van der Waals surface area (Å²) >= 11 is 0. The van der Waals surface area contributed by atoms with Gasteiger partial charge in [-0.15, -0.1) is 12.4 Å². The minimum atomic E-state index is -0.490. The van der Waals surface area contributed by atoms with Crippen molar-refractivity contribution >= 4 is 18.3 Å². The number of rotatable bonds is 4. The Bertz CT molecular complexity index is 287. The van der Waals surface area contributed by atoms with Crippen LogP contribution in [0, 0.1) is 0 Å². The zero-order chi connectivity index (χ0) is 9.68. The Morgan fingerprint density at radius 3 is 2.21 bits per heavy atom. The molecule has 1 aromatic carbocycles. The lowest BCUT2D eigenvalue weighted by atomic mass is 10.3. The second-order valence-electron chi connectivity index (χ2n) is 2.43. The fraction of sp³-hybridized carbons (Fsp3) is 0.222. The summed E-state index contributed by atoms with van der Waals surface area (Å²) in [4.78, 5) is 10.4. The molecule has 78 valence electrons. The van der Waals surface area contributed by atoms with Crippen LogP contribution in [-0.2, 0) is 4.79 Å². The van der Waals surface area contributed by atoms with Crippen LogP contribution in [-0.4, -0.2) is 19.6 Å². The highest BCUT2D eigenvalue weighted by Crippen LogP contribution is 2.16. The molecule has 0 fully saturated rings. The van der Waals surface area contributed by atoms with Gasteiger partial charge >= 0.3 is 0 Å². The van der Waals surface area contributed by atoms with Gasteiger partial charge in [-0.1, -0.05) is 0 Å². The van der Waals surface area contributed by atoms with Crippen LogP contribution in [0.25, 0.3) is 0 Å². The predicted octanol–water partition coefficient (Wildman–Crippen LogP) is 0.981. The summed E-state index contributed by atoms with van der Waals surface area (Å²) in [5.74, 6) is 0.849. The van der Waals surface area contributed by atoms with Crippen molar-refractivity contribution in [3.8, 4) is 11.5 Å². The zero-order valence-corrected chi connectivity index (χ0v) is 8.54. The topological polar surface area (TPSA) is 61.6 Å². The molecule has 4 nitrogen and oxygen atoms in total. The molecule has 1 amide bonds. The maximum absolute atomic E-state index is 10.4. The molecule has 0 saturated heterocycles. The molecule has 0 aliphatic heterocycles. The first-order chi connectivity index (χ1) is 6.22. The molecule has 0 aromatic heterocycles. The van der Waals surface area contributed by atoms with Crippen molar-refractivity contribution in [2.24, 2.45) is 5.73 Å². The lowest BCUT2D eigenvalue weighted by Gasteiger charge is -2.04. The second-order valence-corrected chi connectivity index (χ2v) is 2.43. The predicted molar refractivity (Wildman–Crippen MR) is 54.9 cm³/mol. The van der Waals surface area contributed by atoms with Crippen LogP contribution in [0.1, 0.15) is 0 Å². The number of primary amides is 1. The van der Waals surface area contributed by atoms with Crippen LogP contribution < -0.4 is 15.2 Å². The molecule has 0 aliphatic rings. The summed E-state index contributed by atoms with van der Waals surface area (Å²) in [5.41, 5.74) is 4.91. The van der Waals surface area contributed by atoms with Crippen molar-refractivity contribution in [1.82, 2.24) is 0 Å². The van der Waals surface area contributed by atoms with Crippen molar-refractivity contribution < 1.29 is 14.3 Å². The number of nitrogens with two attached hydrogens (primary N) is 1.